The zero-order chi connectivity index (χ0) is 14.1. The van der Waals surface area contributed by atoms with E-state index in [0.717, 1.165) is 24.0 Å². The molecule has 2 aliphatic heterocycles. The first-order chi connectivity index (χ1) is 9.66. The van der Waals surface area contributed by atoms with E-state index in [1.54, 1.807) is 6.20 Å². The summed E-state index contributed by atoms with van der Waals surface area (Å²) in [5.41, 5.74) is 0.487. The number of likely N-dealkylation sites (tertiary alicyclic amines) is 1. The first kappa shape index (κ1) is 14.0. The van der Waals surface area contributed by atoms with Crippen LogP contribution in [0.15, 0.2) is 22.8 Å². The Morgan fingerprint density at radius 2 is 2.35 bits per heavy atom. The number of pyridine rings is 1. The standard InChI is InChI=1S/C14H18BrN3O2/c1-17-6-4-12-11(9-17)18(7-8-20-12)14(19)13-10(15)3-2-5-16-13/h2-3,5,11-12H,4,6-9H2,1H3/t11-,12+/m1/s1. The summed E-state index contributed by atoms with van der Waals surface area (Å²) >= 11 is 3.41. The zero-order valence-corrected chi connectivity index (χ0v) is 13.0. The van der Waals surface area contributed by atoms with Crippen LogP contribution in [0.5, 0.6) is 0 Å². The molecule has 0 aromatic carbocycles. The predicted molar refractivity (Wildman–Crippen MR) is 78.6 cm³/mol. The van der Waals surface area contributed by atoms with Crippen molar-refractivity contribution in [3.63, 3.8) is 0 Å². The molecule has 1 aromatic heterocycles. The predicted octanol–water partition coefficient (Wildman–Crippen LogP) is 1.39. The van der Waals surface area contributed by atoms with Gasteiger partial charge in [0.25, 0.3) is 5.91 Å². The van der Waals surface area contributed by atoms with E-state index in [4.69, 9.17) is 4.74 Å². The van der Waals surface area contributed by atoms with E-state index < -0.39 is 0 Å². The van der Waals surface area contributed by atoms with E-state index in [9.17, 15) is 4.79 Å². The van der Waals surface area contributed by atoms with Crippen molar-refractivity contribution >= 4 is 21.8 Å². The molecule has 0 bridgehead atoms. The van der Waals surface area contributed by atoms with E-state index in [-0.39, 0.29) is 18.1 Å². The fourth-order valence-corrected chi connectivity index (χ4v) is 3.39. The SMILES string of the molecule is CN1CC[C@@H]2OCCN(C(=O)c3ncccc3Br)[C@@H]2C1. The van der Waals surface area contributed by atoms with Crippen LogP contribution in [-0.2, 0) is 4.74 Å². The minimum absolute atomic E-state index is 0.00826. The molecule has 6 heteroatoms. The average Bonchev–Trinajstić information content (AvgIpc) is 2.46. The van der Waals surface area contributed by atoms with Gasteiger partial charge < -0.3 is 14.5 Å². The number of morpholine rings is 1. The molecule has 0 saturated carbocycles. The Morgan fingerprint density at radius 1 is 1.50 bits per heavy atom. The van der Waals surface area contributed by atoms with Crippen molar-refractivity contribution in [3.05, 3.63) is 28.5 Å². The van der Waals surface area contributed by atoms with Crippen LogP contribution in [0.25, 0.3) is 0 Å². The van der Waals surface area contributed by atoms with Crippen molar-refractivity contribution in [2.75, 3.05) is 33.3 Å². The quantitative estimate of drug-likeness (QED) is 0.775. The topological polar surface area (TPSA) is 45.7 Å². The highest BCUT2D eigenvalue weighted by molar-refractivity contribution is 9.10. The third kappa shape index (κ3) is 2.60. The van der Waals surface area contributed by atoms with Gasteiger partial charge in [-0.15, -0.1) is 0 Å². The van der Waals surface area contributed by atoms with Gasteiger partial charge in [0.2, 0.25) is 0 Å². The highest BCUT2D eigenvalue weighted by atomic mass is 79.9. The largest absolute Gasteiger partial charge is 0.374 e. The van der Waals surface area contributed by atoms with Crippen molar-refractivity contribution in [1.29, 1.82) is 0 Å². The number of halogens is 1. The second-order valence-corrected chi connectivity index (χ2v) is 6.21. The van der Waals surface area contributed by atoms with Crippen molar-refractivity contribution in [3.8, 4) is 0 Å². The smallest absolute Gasteiger partial charge is 0.274 e. The summed E-state index contributed by atoms with van der Waals surface area (Å²) in [5.74, 6) is -0.00826. The maximum atomic E-state index is 12.7. The van der Waals surface area contributed by atoms with Crippen LogP contribution in [0, 0.1) is 0 Å². The molecular weight excluding hydrogens is 322 g/mol. The number of hydrogen-bond donors (Lipinski definition) is 0. The summed E-state index contributed by atoms with van der Waals surface area (Å²) in [6.45, 7) is 3.13. The maximum absolute atomic E-state index is 12.7. The number of carbonyl (C=O) groups excluding carboxylic acids is 1. The van der Waals surface area contributed by atoms with Gasteiger partial charge in [-0.25, -0.2) is 4.98 Å². The number of amides is 1. The fraction of sp³-hybridized carbons (Fsp3) is 0.571. The third-order valence-electron chi connectivity index (χ3n) is 4.01. The van der Waals surface area contributed by atoms with Crippen LogP contribution in [0.2, 0.25) is 0 Å². The van der Waals surface area contributed by atoms with Crippen LogP contribution in [-0.4, -0.2) is 66.1 Å². The number of carbonyl (C=O) groups is 1. The number of rotatable bonds is 1. The number of hydrogen-bond acceptors (Lipinski definition) is 4. The molecule has 5 nitrogen and oxygen atoms in total. The van der Waals surface area contributed by atoms with Gasteiger partial charge in [-0.05, 0) is 41.5 Å². The number of aromatic nitrogens is 1. The van der Waals surface area contributed by atoms with Gasteiger partial charge in [0, 0.05) is 30.3 Å². The van der Waals surface area contributed by atoms with Crippen molar-refractivity contribution in [2.24, 2.45) is 0 Å². The Kier molecular flexibility index (Phi) is 4.05. The first-order valence-electron chi connectivity index (χ1n) is 6.88. The Labute approximate surface area is 127 Å². The molecule has 0 spiro atoms. The molecule has 1 amide bonds. The van der Waals surface area contributed by atoms with Crippen LogP contribution in [0.1, 0.15) is 16.9 Å². The van der Waals surface area contributed by atoms with E-state index in [2.05, 4.69) is 32.9 Å². The molecule has 1 aromatic rings. The molecular formula is C14H18BrN3O2. The lowest BCUT2D eigenvalue weighted by Crippen LogP contribution is -2.60. The monoisotopic (exact) mass is 339 g/mol. The maximum Gasteiger partial charge on any atom is 0.274 e. The molecule has 0 unspecified atom stereocenters. The van der Waals surface area contributed by atoms with Gasteiger partial charge in [-0.2, -0.15) is 0 Å². The molecule has 2 fully saturated rings. The van der Waals surface area contributed by atoms with Gasteiger partial charge in [0.15, 0.2) is 0 Å². The molecule has 0 radical (unpaired) electrons. The summed E-state index contributed by atoms with van der Waals surface area (Å²) in [6, 6.07) is 3.80. The minimum Gasteiger partial charge on any atom is -0.374 e. The molecule has 2 atom stereocenters. The molecule has 0 N–H and O–H groups in total. The van der Waals surface area contributed by atoms with Crippen LogP contribution < -0.4 is 0 Å². The highest BCUT2D eigenvalue weighted by Gasteiger charge is 2.39. The van der Waals surface area contributed by atoms with Crippen LogP contribution >= 0.6 is 15.9 Å². The van der Waals surface area contributed by atoms with Crippen molar-refractivity contribution in [2.45, 2.75) is 18.6 Å². The average molecular weight is 340 g/mol. The number of fused-ring (bicyclic) bond motifs is 1. The van der Waals surface area contributed by atoms with Crippen molar-refractivity contribution in [1.82, 2.24) is 14.8 Å². The summed E-state index contributed by atoms with van der Waals surface area (Å²) < 4.78 is 6.57. The highest BCUT2D eigenvalue weighted by Crippen LogP contribution is 2.25. The lowest BCUT2D eigenvalue weighted by molar-refractivity contribution is -0.0871. The lowest BCUT2D eigenvalue weighted by atomic mass is 9.98. The van der Waals surface area contributed by atoms with Crippen LogP contribution in [0.4, 0.5) is 0 Å². The third-order valence-corrected chi connectivity index (χ3v) is 4.65. The number of nitrogens with zero attached hydrogens (tertiary/aromatic N) is 3. The Hall–Kier alpha value is -0.980. The first-order valence-corrected chi connectivity index (χ1v) is 7.68. The molecule has 20 heavy (non-hydrogen) atoms. The van der Waals surface area contributed by atoms with Gasteiger partial charge in [-0.3, -0.25) is 4.79 Å². The Bertz CT molecular complexity index is 511. The normalized spacial score (nSPS) is 27.2. The molecule has 2 saturated heterocycles. The van der Waals surface area contributed by atoms with Gasteiger partial charge >= 0.3 is 0 Å². The van der Waals surface area contributed by atoms with Gasteiger partial charge in [0.1, 0.15) is 5.69 Å². The van der Waals surface area contributed by atoms with E-state index >= 15 is 0 Å². The molecule has 3 heterocycles. The second-order valence-electron chi connectivity index (χ2n) is 5.36. The molecule has 108 valence electrons. The summed E-state index contributed by atoms with van der Waals surface area (Å²) in [6.07, 6.45) is 2.79. The Morgan fingerprint density at radius 3 is 3.15 bits per heavy atom. The molecule has 2 aliphatic rings. The van der Waals surface area contributed by atoms with Crippen molar-refractivity contribution < 1.29 is 9.53 Å². The summed E-state index contributed by atoms with van der Waals surface area (Å²) in [5, 5.41) is 0. The van der Waals surface area contributed by atoms with E-state index in [1.165, 1.54) is 0 Å². The number of piperidine rings is 1. The summed E-state index contributed by atoms with van der Waals surface area (Å²) in [7, 11) is 2.09. The van der Waals surface area contributed by atoms with Gasteiger partial charge in [-0.1, -0.05) is 0 Å². The molecule has 0 aliphatic carbocycles. The summed E-state index contributed by atoms with van der Waals surface area (Å²) in [4.78, 5) is 21.1. The Balaban J connectivity index is 1.84. The van der Waals surface area contributed by atoms with E-state index in [1.807, 2.05) is 17.0 Å². The lowest BCUT2D eigenvalue weighted by Gasteiger charge is -2.46. The molecule has 3 rings (SSSR count). The van der Waals surface area contributed by atoms with E-state index in [0.29, 0.717) is 18.8 Å². The van der Waals surface area contributed by atoms with Gasteiger partial charge in [0.05, 0.1) is 18.8 Å². The fourth-order valence-electron chi connectivity index (χ4n) is 2.96. The minimum atomic E-state index is -0.00826. The number of likely N-dealkylation sites (N-methyl/N-ethyl adjacent to an activating group) is 1. The number of ether oxygens (including phenoxy) is 1. The zero-order valence-electron chi connectivity index (χ0n) is 11.5. The van der Waals surface area contributed by atoms with Crippen LogP contribution in [0.3, 0.4) is 0 Å². The second kappa shape index (κ2) is 5.79.